The van der Waals surface area contributed by atoms with Crippen molar-refractivity contribution in [1.82, 2.24) is 5.32 Å². The SMILES string of the molecule is CC(=O)c1ccccc1-c1ccc2c(c1)C1(CCCC1)CN2C(=O)NCc1ccc(S(N)(=O)=O)cc1. The smallest absolute Gasteiger partial charge is 0.322 e. The number of fused-ring (bicyclic) bond motifs is 2. The Kier molecular flexibility index (Phi) is 6.18. The number of hydrogen-bond donors (Lipinski definition) is 2. The number of ketones is 1. The number of nitrogens with one attached hydrogen (secondary N) is 1. The van der Waals surface area contributed by atoms with Crippen LogP contribution in [0.25, 0.3) is 11.1 Å². The molecular weight excluding hydrogens is 474 g/mol. The van der Waals surface area contributed by atoms with E-state index in [1.54, 1.807) is 19.1 Å². The predicted molar refractivity (Wildman–Crippen MR) is 139 cm³/mol. The van der Waals surface area contributed by atoms with Crippen LogP contribution in [0.4, 0.5) is 10.5 Å². The van der Waals surface area contributed by atoms with Crippen LogP contribution in [0.2, 0.25) is 0 Å². The van der Waals surface area contributed by atoms with Crippen LogP contribution in [0, 0.1) is 0 Å². The van der Waals surface area contributed by atoms with Crippen LogP contribution >= 0.6 is 0 Å². The molecule has 1 saturated carbocycles. The third-order valence-corrected chi connectivity index (χ3v) is 8.37. The lowest BCUT2D eigenvalue weighted by molar-refractivity contribution is 0.101. The number of nitrogens with zero attached hydrogens (tertiary/aromatic N) is 1. The summed E-state index contributed by atoms with van der Waals surface area (Å²) in [7, 11) is -3.76. The number of carbonyl (C=O) groups is 2. The van der Waals surface area contributed by atoms with Gasteiger partial charge in [-0.15, -0.1) is 0 Å². The Morgan fingerprint density at radius 2 is 1.69 bits per heavy atom. The van der Waals surface area contributed by atoms with Crippen LogP contribution in [0.3, 0.4) is 0 Å². The standard InChI is InChI=1S/C28H29N3O4S/c1-19(32)23-6-2-3-7-24(23)21-10-13-26-25(16-21)28(14-4-5-15-28)18-31(26)27(33)30-17-20-8-11-22(12-9-20)36(29,34)35/h2-3,6-13,16H,4-5,14-15,17-18H2,1H3,(H,30,33)(H2,29,34,35). The molecule has 3 aromatic rings. The maximum Gasteiger partial charge on any atom is 0.322 e. The van der Waals surface area contributed by atoms with E-state index in [4.69, 9.17) is 5.14 Å². The van der Waals surface area contributed by atoms with E-state index in [0.717, 1.165) is 48.1 Å². The molecule has 2 amide bonds. The Morgan fingerprint density at radius 3 is 2.36 bits per heavy atom. The van der Waals surface area contributed by atoms with Gasteiger partial charge in [0, 0.05) is 29.8 Å². The number of urea groups is 1. The van der Waals surface area contributed by atoms with E-state index in [2.05, 4.69) is 11.4 Å². The number of hydrogen-bond acceptors (Lipinski definition) is 4. The monoisotopic (exact) mass is 503 g/mol. The fraction of sp³-hybridized carbons (Fsp3) is 0.286. The second-order valence-electron chi connectivity index (χ2n) is 9.75. The number of nitrogens with two attached hydrogens (primary N) is 1. The quantitative estimate of drug-likeness (QED) is 0.490. The normalized spacial score (nSPS) is 16.2. The summed E-state index contributed by atoms with van der Waals surface area (Å²) < 4.78 is 23.0. The zero-order valence-electron chi connectivity index (χ0n) is 20.2. The van der Waals surface area contributed by atoms with Crippen molar-refractivity contribution in [3.8, 4) is 11.1 Å². The second kappa shape index (κ2) is 9.19. The number of sulfonamides is 1. The molecule has 0 saturated heterocycles. The first kappa shape index (κ1) is 24.2. The van der Waals surface area contributed by atoms with Crippen LogP contribution in [-0.2, 0) is 22.0 Å². The molecule has 3 aromatic carbocycles. The van der Waals surface area contributed by atoms with Crippen LogP contribution in [0.15, 0.2) is 71.6 Å². The Morgan fingerprint density at radius 1 is 1.00 bits per heavy atom. The van der Waals surface area contributed by atoms with Gasteiger partial charge < -0.3 is 5.32 Å². The molecule has 1 fully saturated rings. The van der Waals surface area contributed by atoms with Gasteiger partial charge in [-0.05, 0) is 66.3 Å². The van der Waals surface area contributed by atoms with Gasteiger partial charge >= 0.3 is 6.03 Å². The zero-order chi connectivity index (χ0) is 25.5. The Labute approximate surface area is 211 Å². The summed E-state index contributed by atoms with van der Waals surface area (Å²) in [5.41, 5.74) is 5.37. The summed E-state index contributed by atoms with van der Waals surface area (Å²) in [6.45, 7) is 2.47. The van der Waals surface area contributed by atoms with Gasteiger partial charge in [-0.2, -0.15) is 0 Å². The Balaban J connectivity index is 1.42. The maximum absolute atomic E-state index is 13.3. The molecule has 0 atom stereocenters. The first-order valence-corrected chi connectivity index (χ1v) is 13.6. The lowest BCUT2D eigenvalue weighted by Crippen LogP contribution is -2.41. The molecule has 1 spiro atoms. The molecule has 1 aliphatic carbocycles. The molecule has 0 bridgehead atoms. The van der Waals surface area contributed by atoms with Gasteiger partial charge in [0.25, 0.3) is 0 Å². The summed E-state index contributed by atoms with van der Waals surface area (Å²) in [6, 6.07) is 19.8. The topological polar surface area (TPSA) is 110 Å². The van der Waals surface area contributed by atoms with Crippen LogP contribution in [0.5, 0.6) is 0 Å². The summed E-state index contributed by atoms with van der Waals surface area (Å²) in [5.74, 6) is 0.0276. The molecule has 1 aliphatic heterocycles. The zero-order valence-corrected chi connectivity index (χ0v) is 21.0. The van der Waals surface area contributed by atoms with Crippen molar-refractivity contribution in [3.05, 3.63) is 83.4 Å². The Bertz CT molecular complexity index is 1440. The molecule has 7 nitrogen and oxygen atoms in total. The Hall–Kier alpha value is -3.49. The van der Waals surface area contributed by atoms with Crippen molar-refractivity contribution < 1.29 is 18.0 Å². The van der Waals surface area contributed by atoms with Gasteiger partial charge in [-0.1, -0.05) is 55.3 Å². The molecule has 186 valence electrons. The van der Waals surface area contributed by atoms with E-state index in [1.807, 2.05) is 41.3 Å². The molecule has 0 aromatic heterocycles. The first-order chi connectivity index (χ1) is 17.2. The highest BCUT2D eigenvalue weighted by Gasteiger charge is 2.46. The molecule has 0 radical (unpaired) electrons. The maximum atomic E-state index is 13.3. The van der Waals surface area contributed by atoms with E-state index in [1.165, 1.54) is 17.7 Å². The molecular formula is C28H29N3O4S. The molecule has 0 unspecified atom stereocenters. The lowest BCUT2D eigenvalue weighted by Gasteiger charge is -2.25. The highest BCUT2D eigenvalue weighted by atomic mass is 32.2. The fourth-order valence-corrected chi connectivity index (χ4v) is 6.12. The summed E-state index contributed by atoms with van der Waals surface area (Å²) in [6.07, 6.45) is 4.30. The van der Waals surface area contributed by atoms with Crippen molar-refractivity contribution in [2.24, 2.45) is 5.14 Å². The molecule has 5 rings (SSSR count). The molecule has 8 heteroatoms. The lowest BCUT2D eigenvalue weighted by atomic mass is 9.79. The van der Waals surface area contributed by atoms with Crippen LogP contribution in [-0.4, -0.2) is 26.8 Å². The van der Waals surface area contributed by atoms with Crippen molar-refractivity contribution in [3.63, 3.8) is 0 Å². The molecule has 1 heterocycles. The number of primary sulfonamides is 1. The highest BCUT2D eigenvalue weighted by Crippen LogP contribution is 2.51. The van der Waals surface area contributed by atoms with E-state index >= 15 is 0 Å². The largest absolute Gasteiger partial charge is 0.334 e. The van der Waals surface area contributed by atoms with Gasteiger partial charge in [0.15, 0.2) is 5.78 Å². The number of amides is 2. The van der Waals surface area contributed by atoms with Crippen molar-refractivity contribution in [2.75, 3.05) is 11.4 Å². The minimum Gasteiger partial charge on any atom is -0.334 e. The van der Waals surface area contributed by atoms with Gasteiger partial charge in [-0.25, -0.2) is 18.4 Å². The number of benzene rings is 3. The average molecular weight is 504 g/mol. The molecule has 3 N–H and O–H groups in total. The molecule has 36 heavy (non-hydrogen) atoms. The first-order valence-electron chi connectivity index (χ1n) is 12.1. The van der Waals surface area contributed by atoms with Gasteiger partial charge in [0.1, 0.15) is 0 Å². The van der Waals surface area contributed by atoms with Crippen molar-refractivity contribution >= 4 is 27.5 Å². The third-order valence-electron chi connectivity index (χ3n) is 7.44. The minimum atomic E-state index is -3.76. The van der Waals surface area contributed by atoms with Crippen molar-refractivity contribution in [2.45, 2.75) is 49.5 Å². The number of anilines is 1. The summed E-state index contributed by atoms with van der Waals surface area (Å²) >= 11 is 0. The van der Waals surface area contributed by atoms with E-state index in [-0.39, 0.29) is 28.7 Å². The van der Waals surface area contributed by atoms with E-state index < -0.39 is 10.0 Å². The average Bonchev–Trinajstić information content (AvgIpc) is 3.47. The summed E-state index contributed by atoms with van der Waals surface area (Å²) in [5, 5.41) is 8.14. The fourth-order valence-electron chi connectivity index (χ4n) is 5.61. The van der Waals surface area contributed by atoms with Crippen molar-refractivity contribution in [1.29, 1.82) is 0 Å². The minimum absolute atomic E-state index is 0.0276. The third kappa shape index (κ3) is 4.42. The van der Waals surface area contributed by atoms with E-state index in [9.17, 15) is 18.0 Å². The number of rotatable bonds is 5. The highest BCUT2D eigenvalue weighted by molar-refractivity contribution is 7.89. The summed E-state index contributed by atoms with van der Waals surface area (Å²) in [4.78, 5) is 27.4. The van der Waals surface area contributed by atoms with Gasteiger partial charge in [0.05, 0.1) is 4.90 Å². The number of carbonyl (C=O) groups excluding carboxylic acids is 2. The van der Waals surface area contributed by atoms with Gasteiger partial charge in [-0.3, -0.25) is 9.69 Å². The molecule has 2 aliphatic rings. The van der Waals surface area contributed by atoms with Gasteiger partial charge in [0.2, 0.25) is 10.0 Å². The van der Waals surface area contributed by atoms with Crippen LogP contribution < -0.4 is 15.4 Å². The van der Waals surface area contributed by atoms with E-state index in [0.29, 0.717) is 12.1 Å². The number of Topliss-reactive ketones (excluding diaryl/α,β-unsaturated/α-hetero) is 1. The van der Waals surface area contributed by atoms with Crippen LogP contribution in [0.1, 0.15) is 54.1 Å². The predicted octanol–water partition coefficient (Wildman–Crippen LogP) is 4.75. The second-order valence-corrected chi connectivity index (χ2v) is 11.3.